The van der Waals surface area contributed by atoms with Gasteiger partial charge in [0.2, 0.25) is 0 Å². The van der Waals surface area contributed by atoms with Crippen molar-refractivity contribution in [3.05, 3.63) is 24.0 Å². The first kappa shape index (κ1) is 15.1. The fourth-order valence-corrected chi connectivity index (χ4v) is 2.81. The number of nitrogens with zero attached hydrogens (tertiary/aromatic N) is 1. The molecule has 2 rings (SSSR count). The maximum absolute atomic E-state index is 12.6. The Bertz CT molecular complexity index is 442. The summed E-state index contributed by atoms with van der Waals surface area (Å²) >= 11 is 0. The summed E-state index contributed by atoms with van der Waals surface area (Å²) in [5, 5.41) is 0. The highest BCUT2D eigenvalue weighted by Crippen LogP contribution is 2.42. The Morgan fingerprint density at radius 2 is 1.90 bits per heavy atom. The predicted molar refractivity (Wildman–Crippen MR) is 69.2 cm³/mol. The van der Waals surface area contributed by atoms with Crippen molar-refractivity contribution in [2.24, 2.45) is 17.6 Å². The second-order valence-corrected chi connectivity index (χ2v) is 5.34. The van der Waals surface area contributed by atoms with Crippen LogP contribution in [0.1, 0.15) is 37.3 Å². The van der Waals surface area contributed by atoms with E-state index in [2.05, 4.69) is 4.98 Å². The zero-order chi connectivity index (χ0) is 14.8. The summed E-state index contributed by atoms with van der Waals surface area (Å²) in [5.41, 5.74) is 6.99. The number of halogens is 3. The van der Waals surface area contributed by atoms with Crippen LogP contribution >= 0.6 is 0 Å². The number of hydrogen-bond acceptors (Lipinski definition) is 3. The summed E-state index contributed by atoms with van der Waals surface area (Å²) in [6, 6.07) is 1.51. The summed E-state index contributed by atoms with van der Waals surface area (Å²) in [6.45, 7) is 0. The topological polar surface area (TPSA) is 48.1 Å². The van der Waals surface area contributed by atoms with Gasteiger partial charge in [-0.15, -0.1) is 0 Å². The van der Waals surface area contributed by atoms with Crippen LogP contribution in [0.25, 0.3) is 0 Å². The van der Waals surface area contributed by atoms with Crippen LogP contribution in [-0.2, 0) is 0 Å². The molecule has 1 aliphatic rings. The number of pyridine rings is 1. The van der Waals surface area contributed by atoms with Gasteiger partial charge >= 0.3 is 6.18 Å². The molecule has 2 N–H and O–H groups in total. The number of methoxy groups -OCH3 is 1. The summed E-state index contributed by atoms with van der Waals surface area (Å²) in [6.07, 6.45) is 0.496. The summed E-state index contributed by atoms with van der Waals surface area (Å²) in [7, 11) is 1.54. The fourth-order valence-electron chi connectivity index (χ4n) is 2.81. The third kappa shape index (κ3) is 3.42. The van der Waals surface area contributed by atoms with Gasteiger partial charge in [0.15, 0.2) is 0 Å². The lowest BCUT2D eigenvalue weighted by molar-refractivity contribution is -0.184. The maximum Gasteiger partial charge on any atom is 0.391 e. The molecule has 1 fully saturated rings. The Kier molecular flexibility index (Phi) is 4.52. The Hall–Kier alpha value is -1.30. The molecule has 1 aromatic heterocycles. The average molecular weight is 288 g/mol. The van der Waals surface area contributed by atoms with E-state index in [1.165, 1.54) is 0 Å². The van der Waals surface area contributed by atoms with Crippen molar-refractivity contribution >= 4 is 0 Å². The van der Waals surface area contributed by atoms with E-state index in [4.69, 9.17) is 10.5 Å². The van der Waals surface area contributed by atoms with E-state index in [0.29, 0.717) is 18.6 Å². The second kappa shape index (κ2) is 5.99. The minimum atomic E-state index is -4.08. The van der Waals surface area contributed by atoms with Gasteiger partial charge in [0, 0.05) is 12.2 Å². The third-order valence-electron chi connectivity index (χ3n) is 4.10. The second-order valence-electron chi connectivity index (χ2n) is 5.34. The van der Waals surface area contributed by atoms with E-state index >= 15 is 0 Å². The molecular weight excluding hydrogens is 269 g/mol. The molecule has 1 aliphatic carbocycles. The van der Waals surface area contributed by atoms with E-state index < -0.39 is 12.1 Å². The molecule has 0 aromatic carbocycles. The van der Waals surface area contributed by atoms with Crippen LogP contribution in [0.5, 0.6) is 5.75 Å². The van der Waals surface area contributed by atoms with Crippen LogP contribution in [0.3, 0.4) is 0 Å². The van der Waals surface area contributed by atoms with Gasteiger partial charge in [-0.05, 0) is 43.2 Å². The van der Waals surface area contributed by atoms with E-state index in [1.807, 2.05) is 0 Å². The third-order valence-corrected chi connectivity index (χ3v) is 4.10. The predicted octanol–water partition coefficient (Wildman–Crippen LogP) is 3.46. The standard InChI is InChI=1S/C14H19F3N2O/c1-20-12-6-10(7-19-8-12)13(18)9-2-4-11(5-3-9)14(15,16)17/h6-9,11,13H,2-5,18H2,1H3. The van der Waals surface area contributed by atoms with Crippen molar-refractivity contribution in [1.82, 2.24) is 4.98 Å². The Morgan fingerprint density at radius 1 is 1.25 bits per heavy atom. The zero-order valence-electron chi connectivity index (χ0n) is 11.4. The molecule has 0 saturated heterocycles. The Labute approximate surface area is 116 Å². The zero-order valence-corrected chi connectivity index (χ0v) is 11.4. The molecule has 1 aromatic rings. The molecule has 3 nitrogen and oxygen atoms in total. The molecule has 0 amide bonds. The highest BCUT2D eigenvalue weighted by atomic mass is 19.4. The van der Waals surface area contributed by atoms with E-state index in [0.717, 1.165) is 5.56 Å². The first-order valence-corrected chi connectivity index (χ1v) is 6.73. The van der Waals surface area contributed by atoms with Crippen LogP contribution in [0.15, 0.2) is 18.5 Å². The molecule has 20 heavy (non-hydrogen) atoms. The Morgan fingerprint density at radius 3 is 2.45 bits per heavy atom. The number of ether oxygens (including phenoxy) is 1. The molecule has 0 radical (unpaired) electrons. The monoisotopic (exact) mass is 288 g/mol. The smallest absolute Gasteiger partial charge is 0.391 e. The van der Waals surface area contributed by atoms with E-state index in [-0.39, 0.29) is 24.8 Å². The molecule has 6 heteroatoms. The molecule has 0 bridgehead atoms. The van der Waals surface area contributed by atoms with Gasteiger partial charge in [-0.25, -0.2) is 0 Å². The number of hydrogen-bond donors (Lipinski definition) is 1. The van der Waals surface area contributed by atoms with Crippen molar-refractivity contribution in [1.29, 1.82) is 0 Å². The SMILES string of the molecule is COc1cncc(C(N)C2CCC(C(F)(F)F)CC2)c1. The average Bonchev–Trinajstić information content (AvgIpc) is 2.46. The normalized spacial score (nSPS) is 25.2. The van der Waals surface area contributed by atoms with Gasteiger partial charge in [0.05, 0.1) is 19.2 Å². The largest absolute Gasteiger partial charge is 0.495 e. The lowest BCUT2D eigenvalue weighted by Crippen LogP contribution is -2.31. The van der Waals surface area contributed by atoms with Gasteiger partial charge in [0.25, 0.3) is 0 Å². The van der Waals surface area contributed by atoms with Gasteiger partial charge in [0.1, 0.15) is 5.75 Å². The lowest BCUT2D eigenvalue weighted by atomic mass is 9.77. The first-order chi connectivity index (χ1) is 9.41. The minimum Gasteiger partial charge on any atom is -0.495 e. The van der Waals surface area contributed by atoms with Crippen molar-refractivity contribution < 1.29 is 17.9 Å². The van der Waals surface area contributed by atoms with Crippen molar-refractivity contribution in [2.75, 3.05) is 7.11 Å². The summed E-state index contributed by atoms with van der Waals surface area (Å²) in [5.74, 6) is -0.487. The van der Waals surface area contributed by atoms with Gasteiger partial charge < -0.3 is 10.5 Å². The maximum atomic E-state index is 12.6. The summed E-state index contributed by atoms with van der Waals surface area (Å²) in [4.78, 5) is 4.04. The van der Waals surface area contributed by atoms with E-state index in [9.17, 15) is 13.2 Å². The highest BCUT2D eigenvalue weighted by molar-refractivity contribution is 5.26. The highest BCUT2D eigenvalue weighted by Gasteiger charge is 2.42. The van der Waals surface area contributed by atoms with Crippen LogP contribution in [0.2, 0.25) is 0 Å². The van der Waals surface area contributed by atoms with Gasteiger partial charge in [-0.3, -0.25) is 4.98 Å². The molecule has 1 saturated carbocycles. The van der Waals surface area contributed by atoms with E-state index in [1.54, 1.807) is 25.6 Å². The lowest BCUT2D eigenvalue weighted by Gasteiger charge is -2.33. The van der Waals surface area contributed by atoms with Crippen molar-refractivity contribution in [3.63, 3.8) is 0 Å². The molecule has 1 heterocycles. The number of aromatic nitrogens is 1. The Balaban J connectivity index is 1.99. The number of rotatable bonds is 3. The molecular formula is C14H19F3N2O. The van der Waals surface area contributed by atoms with Crippen LogP contribution in [0.4, 0.5) is 13.2 Å². The molecule has 1 atom stereocenters. The fraction of sp³-hybridized carbons (Fsp3) is 0.643. The number of nitrogens with two attached hydrogens (primary N) is 1. The minimum absolute atomic E-state index is 0.0718. The number of alkyl halides is 3. The molecule has 0 aliphatic heterocycles. The van der Waals surface area contributed by atoms with Gasteiger partial charge in [-0.2, -0.15) is 13.2 Å². The van der Waals surface area contributed by atoms with Crippen LogP contribution in [-0.4, -0.2) is 18.3 Å². The first-order valence-electron chi connectivity index (χ1n) is 6.73. The van der Waals surface area contributed by atoms with Crippen LogP contribution < -0.4 is 10.5 Å². The van der Waals surface area contributed by atoms with Crippen LogP contribution in [0, 0.1) is 11.8 Å². The van der Waals surface area contributed by atoms with Crippen molar-refractivity contribution in [3.8, 4) is 5.75 Å². The van der Waals surface area contributed by atoms with Gasteiger partial charge in [-0.1, -0.05) is 0 Å². The molecule has 0 spiro atoms. The quantitative estimate of drug-likeness (QED) is 0.926. The molecule has 1 unspecified atom stereocenters. The summed E-state index contributed by atoms with van der Waals surface area (Å²) < 4.78 is 43.0. The van der Waals surface area contributed by atoms with Crippen molar-refractivity contribution in [2.45, 2.75) is 37.9 Å². The molecule has 112 valence electrons.